The minimum atomic E-state index is -0.0734. The van der Waals surface area contributed by atoms with Crippen LogP contribution in [0.1, 0.15) is 0 Å². The van der Waals surface area contributed by atoms with E-state index in [4.69, 9.17) is 21.7 Å². The Morgan fingerprint density at radius 2 is 1.92 bits per heavy atom. The van der Waals surface area contributed by atoms with Crippen molar-refractivity contribution in [2.45, 2.75) is 0 Å². The van der Waals surface area contributed by atoms with Gasteiger partial charge in [0.05, 0.1) is 19.7 Å². The van der Waals surface area contributed by atoms with E-state index in [2.05, 4.69) is 36.5 Å². The Hall–Kier alpha value is -2.65. The third-order valence-corrected chi connectivity index (χ3v) is 4.27. The first-order chi connectivity index (χ1) is 12.5. The number of aromatic amines is 1. The van der Waals surface area contributed by atoms with Crippen LogP contribution in [0.25, 0.3) is 10.9 Å². The van der Waals surface area contributed by atoms with Gasteiger partial charge in [0.1, 0.15) is 0 Å². The van der Waals surface area contributed by atoms with E-state index in [9.17, 15) is 5.11 Å². The summed E-state index contributed by atoms with van der Waals surface area (Å²) in [6, 6.07) is 10.8. The SMILES string of the molecule is COc1ccc(NC(=S)N=Nc2c(O)[nH]c3ccc(Br)cc23)cc1OC. The standard InChI is InChI=1S/C17H15BrN4O3S/c1-24-13-6-4-10(8-14(13)25-2)19-17(26)22-21-15-11-7-9(18)3-5-12(11)20-16(15)23/h3-8,20,23H,1-2H3,(H,19,26). The monoisotopic (exact) mass is 434 g/mol. The lowest BCUT2D eigenvalue weighted by atomic mass is 10.2. The van der Waals surface area contributed by atoms with Crippen LogP contribution >= 0.6 is 28.1 Å². The van der Waals surface area contributed by atoms with Gasteiger partial charge < -0.3 is 24.9 Å². The Labute approximate surface area is 163 Å². The van der Waals surface area contributed by atoms with E-state index in [0.29, 0.717) is 22.9 Å². The maximum absolute atomic E-state index is 10.0. The van der Waals surface area contributed by atoms with Crippen molar-refractivity contribution >= 4 is 55.5 Å². The van der Waals surface area contributed by atoms with Gasteiger partial charge in [-0.3, -0.25) is 0 Å². The number of rotatable bonds is 4. The molecule has 1 aromatic heterocycles. The third kappa shape index (κ3) is 3.78. The predicted octanol–water partition coefficient (Wildman–Crippen LogP) is 5.13. The molecule has 26 heavy (non-hydrogen) atoms. The molecule has 134 valence electrons. The number of nitrogens with zero attached hydrogens (tertiary/aromatic N) is 2. The number of azo groups is 1. The van der Waals surface area contributed by atoms with Crippen LogP contribution in [-0.2, 0) is 0 Å². The molecule has 1 heterocycles. The molecule has 0 aliphatic heterocycles. The molecule has 0 saturated heterocycles. The molecule has 0 spiro atoms. The number of ether oxygens (including phenoxy) is 2. The van der Waals surface area contributed by atoms with Crippen LogP contribution in [0.4, 0.5) is 11.4 Å². The Bertz CT molecular complexity index is 1000. The molecule has 9 heteroatoms. The lowest BCUT2D eigenvalue weighted by Gasteiger charge is -2.09. The van der Waals surface area contributed by atoms with E-state index in [1.165, 1.54) is 0 Å². The summed E-state index contributed by atoms with van der Waals surface area (Å²) in [6.45, 7) is 0. The van der Waals surface area contributed by atoms with Crippen LogP contribution in [0, 0.1) is 0 Å². The van der Waals surface area contributed by atoms with Gasteiger partial charge in [-0.25, -0.2) is 0 Å². The molecular formula is C17H15BrN4O3S. The Morgan fingerprint density at radius 3 is 2.65 bits per heavy atom. The molecule has 3 rings (SSSR count). The number of nitrogens with one attached hydrogen (secondary N) is 2. The third-order valence-electron chi connectivity index (χ3n) is 3.59. The van der Waals surface area contributed by atoms with Gasteiger partial charge >= 0.3 is 0 Å². The molecular weight excluding hydrogens is 420 g/mol. The molecule has 2 aromatic carbocycles. The fraction of sp³-hybridized carbons (Fsp3) is 0.118. The molecule has 0 atom stereocenters. The van der Waals surface area contributed by atoms with Crippen molar-refractivity contribution < 1.29 is 14.6 Å². The number of methoxy groups -OCH3 is 2. The second-order valence-corrected chi connectivity index (χ2v) is 6.51. The smallest absolute Gasteiger partial charge is 0.218 e. The number of aromatic nitrogens is 1. The molecule has 3 aromatic rings. The largest absolute Gasteiger partial charge is 0.493 e. The van der Waals surface area contributed by atoms with Crippen LogP contribution in [0.2, 0.25) is 0 Å². The second-order valence-electron chi connectivity index (χ2n) is 5.21. The molecule has 0 radical (unpaired) electrons. The highest BCUT2D eigenvalue weighted by molar-refractivity contribution is 9.10. The minimum absolute atomic E-state index is 0.0734. The number of hydrogen-bond donors (Lipinski definition) is 3. The van der Waals surface area contributed by atoms with Crippen molar-refractivity contribution in [1.82, 2.24) is 4.98 Å². The first-order valence-electron chi connectivity index (χ1n) is 7.46. The van der Waals surface area contributed by atoms with Crippen LogP contribution in [0.15, 0.2) is 51.1 Å². The zero-order chi connectivity index (χ0) is 18.7. The highest BCUT2D eigenvalue weighted by Crippen LogP contribution is 2.37. The molecule has 0 saturated carbocycles. The number of thiocarbonyl (C=S) groups is 1. The number of hydrogen-bond acceptors (Lipinski definition) is 5. The fourth-order valence-corrected chi connectivity index (χ4v) is 2.91. The fourth-order valence-electron chi connectivity index (χ4n) is 2.39. The number of fused-ring (bicyclic) bond motifs is 1. The van der Waals surface area contributed by atoms with E-state index in [-0.39, 0.29) is 11.0 Å². The van der Waals surface area contributed by atoms with Crippen LogP contribution in [0.5, 0.6) is 17.4 Å². The Morgan fingerprint density at radius 1 is 1.15 bits per heavy atom. The van der Waals surface area contributed by atoms with Crippen molar-refractivity contribution in [2.24, 2.45) is 10.2 Å². The van der Waals surface area contributed by atoms with Gasteiger partial charge in [0, 0.05) is 21.6 Å². The molecule has 0 amide bonds. The van der Waals surface area contributed by atoms with E-state index < -0.39 is 0 Å². The summed E-state index contributed by atoms with van der Waals surface area (Å²) in [5, 5.41) is 21.9. The zero-order valence-corrected chi connectivity index (χ0v) is 16.3. The lowest BCUT2D eigenvalue weighted by molar-refractivity contribution is 0.355. The lowest BCUT2D eigenvalue weighted by Crippen LogP contribution is -2.05. The van der Waals surface area contributed by atoms with Crippen molar-refractivity contribution in [3.05, 3.63) is 40.9 Å². The van der Waals surface area contributed by atoms with Crippen molar-refractivity contribution in [3.63, 3.8) is 0 Å². The summed E-state index contributed by atoms with van der Waals surface area (Å²) < 4.78 is 11.3. The normalized spacial score (nSPS) is 11.0. The summed E-state index contributed by atoms with van der Waals surface area (Å²) in [5.41, 5.74) is 1.74. The topological polar surface area (TPSA) is 91.2 Å². The van der Waals surface area contributed by atoms with Gasteiger partial charge in [0.15, 0.2) is 17.2 Å². The summed E-state index contributed by atoms with van der Waals surface area (Å²) in [6.07, 6.45) is 0. The first kappa shape index (κ1) is 18.2. The number of H-pyrrole nitrogens is 1. The quantitative estimate of drug-likeness (QED) is 0.390. The number of anilines is 1. The highest BCUT2D eigenvalue weighted by Gasteiger charge is 2.11. The van der Waals surface area contributed by atoms with E-state index in [0.717, 1.165) is 15.4 Å². The van der Waals surface area contributed by atoms with Crippen LogP contribution < -0.4 is 14.8 Å². The molecule has 0 aliphatic carbocycles. The first-order valence-corrected chi connectivity index (χ1v) is 8.67. The van der Waals surface area contributed by atoms with E-state index in [1.807, 2.05) is 18.2 Å². The Balaban J connectivity index is 1.80. The number of halogens is 1. The maximum Gasteiger partial charge on any atom is 0.218 e. The highest BCUT2D eigenvalue weighted by atomic mass is 79.9. The molecule has 3 N–H and O–H groups in total. The molecule has 0 fully saturated rings. The van der Waals surface area contributed by atoms with Crippen molar-refractivity contribution in [1.29, 1.82) is 0 Å². The predicted molar refractivity (Wildman–Crippen MR) is 108 cm³/mol. The van der Waals surface area contributed by atoms with E-state index >= 15 is 0 Å². The number of aromatic hydroxyl groups is 1. The van der Waals surface area contributed by atoms with E-state index in [1.54, 1.807) is 32.4 Å². The average Bonchev–Trinajstić information content (AvgIpc) is 2.94. The average molecular weight is 435 g/mol. The summed E-state index contributed by atoms with van der Waals surface area (Å²) in [5.74, 6) is 1.10. The van der Waals surface area contributed by atoms with Gasteiger partial charge in [0.25, 0.3) is 0 Å². The molecule has 7 nitrogen and oxygen atoms in total. The summed E-state index contributed by atoms with van der Waals surface area (Å²) in [7, 11) is 3.12. The molecule has 0 unspecified atom stereocenters. The van der Waals surface area contributed by atoms with Gasteiger partial charge in [0.2, 0.25) is 11.0 Å². The van der Waals surface area contributed by atoms with Crippen molar-refractivity contribution in [3.8, 4) is 17.4 Å². The Kier molecular flexibility index (Phi) is 5.38. The summed E-state index contributed by atoms with van der Waals surface area (Å²) >= 11 is 8.59. The molecule has 0 aliphatic rings. The zero-order valence-electron chi connectivity index (χ0n) is 13.9. The minimum Gasteiger partial charge on any atom is -0.493 e. The van der Waals surface area contributed by atoms with Gasteiger partial charge in [-0.05, 0) is 42.5 Å². The maximum atomic E-state index is 10.0. The van der Waals surface area contributed by atoms with Gasteiger partial charge in [-0.15, -0.1) is 10.2 Å². The molecule has 0 bridgehead atoms. The van der Waals surface area contributed by atoms with Crippen LogP contribution in [-0.4, -0.2) is 29.4 Å². The summed E-state index contributed by atoms with van der Waals surface area (Å²) in [4.78, 5) is 2.84. The second kappa shape index (κ2) is 7.71. The van der Waals surface area contributed by atoms with Crippen LogP contribution in [0.3, 0.4) is 0 Å². The number of benzene rings is 2. The van der Waals surface area contributed by atoms with Gasteiger partial charge in [-0.2, -0.15) is 0 Å². The van der Waals surface area contributed by atoms with Gasteiger partial charge in [-0.1, -0.05) is 15.9 Å². The van der Waals surface area contributed by atoms with Crippen molar-refractivity contribution in [2.75, 3.05) is 19.5 Å².